The van der Waals surface area contributed by atoms with Crippen molar-refractivity contribution in [2.45, 2.75) is 45.6 Å². The first-order valence-corrected chi connectivity index (χ1v) is 12.9. The van der Waals surface area contributed by atoms with E-state index in [2.05, 4.69) is 68.7 Å². The number of carboxylic acid groups (broad SMARTS) is 1. The maximum atomic E-state index is 12.3. The third-order valence-electron chi connectivity index (χ3n) is 6.86. The Kier molecular flexibility index (Phi) is 8.58. The summed E-state index contributed by atoms with van der Waals surface area (Å²) in [6, 6.07) is 16.9. The molecular weight excluding hydrogens is 484 g/mol. The highest BCUT2D eigenvalue weighted by Gasteiger charge is 2.23. The number of nitrogens with one attached hydrogen (secondary N) is 1. The van der Waals surface area contributed by atoms with E-state index in [1.807, 2.05) is 0 Å². The fourth-order valence-corrected chi connectivity index (χ4v) is 4.81. The second-order valence-electron chi connectivity index (χ2n) is 9.93. The Morgan fingerprint density at radius 2 is 1.63 bits per heavy atom. The molecule has 3 aromatic rings. The van der Waals surface area contributed by atoms with Crippen molar-refractivity contribution in [1.82, 2.24) is 15.3 Å². The highest BCUT2D eigenvalue weighted by Crippen LogP contribution is 2.29. The Hall–Kier alpha value is -3.98. The Balaban J connectivity index is 1.34. The fourth-order valence-electron chi connectivity index (χ4n) is 4.81. The number of hydrogen-bond donors (Lipinski definition) is 4. The molecule has 2 heterocycles. The molecule has 9 nitrogen and oxygen atoms in total. The van der Waals surface area contributed by atoms with Gasteiger partial charge < -0.3 is 25.5 Å². The summed E-state index contributed by atoms with van der Waals surface area (Å²) in [4.78, 5) is 34.0. The molecule has 0 unspecified atom stereocenters. The summed E-state index contributed by atoms with van der Waals surface area (Å²) in [5.74, 6) is -1.42. The Bertz CT molecular complexity index is 1270. The number of carbonyl (C=O) groups is 2. The zero-order valence-corrected chi connectivity index (χ0v) is 21.7. The third kappa shape index (κ3) is 6.86. The molecule has 1 aliphatic heterocycles. The number of aliphatic carboxylic acids is 1. The molecule has 0 spiro atoms. The lowest BCUT2D eigenvalue weighted by Gasteiger charge is -2.33. The molecule has 9 heteroatoms. The van der Waals surface area contributed by atoms with Gasteiger partial charge in [-0.1, -0.05) is 36.4 Å². The van der Waals surface area contributed by atoms with Crippen LogP contribution in [0.2, 0.25) is 0 Å². The minimum atomic E-state index is -1.17. The van der Waals surface area contributed by atoms with E-state index in [0.717, 1.165) is 42.6 Å². The summed E-state index contributed by atoms with van der Waals surface area (Å²) in [6.07, 6.45) is 2.76. The molecular formula is C29H34N4O5. The van der Waals surface area contributed by atoms with Crippen molar-refractivity contribution in [3.05, 3.63) is 71.3 Å². The van der Waals surface area contributed by atoms with Gasteiger partial charge in [-0.15, -0.1) is 0 Å². The number of aryl methyl sites for hydroxylation is 1. The van der Waals surface area contributed by atoms with E-state index in [0.29, 0.717) is 30.3 Å². The molecule has 1 atom stereocenters. The standard InChI is InChI=1S/C29H34N4O5/c1-18(34)15-20-3-5-22(6-4-20)23-7-9-24(10-8-23)33-13-11-21(12-14-33)16-25-31-19(2)28(37)27(32-25)29(38)30-17-26(35)36/h3-10,18,21,34,37H,11-17H2,1-2H3,(H,30,38)(H,35,36)/t18-/m0/s1. The Morgan fingerprint density at radius 1 is 1.03 bits per heavy atom. The number of carboxylic acids is 1. The van der Waals surface area contributed by atoms with Crippen LogP contribution in [0.5, 0.6) is 5.75 Å². The fraction of sp³-hybridized carbons (Fsp3) is 0.379. The highest BCUT2D eigenvalue weighted by atomic mass is 16.4. The molecule has 0 saturated carbocycles. The molecule has 4 rings (SSSR count). The van der Waals surface area contributed by atoms with E-state index in [9.17, 15) is 19.8 Å². The molecule has 1 saturated heterocycles. The number of piperidine rings is 1. The smallest absolute Gasteiger partial charge is 0.322 e. The maximum Gasteiger partial charge on any atom is 0.322 e. The first-order chi connectivity index (χ1) is 18.2. The second kappa shape index (κ2) is 12.0. The van der Waals surface area contributed by atoms with Gasteiger partial charge in [0.15, 0.2) is 11.4 Å². The van der Waals surface area contributed by atoms with Gasteiger partial charge >= 0.3 is 5.97 Å². The number of nitrogens with zero attached hydrogens (tertiary/aromatic N) is 3. The summed E-state index contributed by atoms with van der Waals surface area (Å²) >= 11 is 0. The first-order valence-electron chi connectivity index (χ1n) is 12.9. The highest BCUT2D eigenvalue weighted by molar-refractivity contribution is 5.96. The van der Waals surface area contributed by atoms with Crippen LogP contribution in [0.25, 0.3) is 11.1 Å². The van der Waals surface area contributed by atoms with E-state index in [4.69, 9.17) is 5.11 Å². The van der Waals surface area contributed by atoms with Crippen LogP contribution >= 0.6 is 0 Å². The van der Waals surface area contributed by atoms with Crippen LogP contribution in [-0.4, -0.2) is 62.9 Å². The van der Waals surface area contributed by atoms with Crippen molar-refractivity contribution in [2.24, 2.45) is 5.92 Å². The van der Waals surface area contributed by atoms with E-state index >= 15 is 0 Å². The molecule has 2 aromatic carbocycles. The minimum Gasteiger partial charge on any atom is -0.504 e. The number of carbonyl (C=O) groups excluding carboxylic acids is 1. The number of hydrogen-bond acceptors (Lipinski definition) is 7. The van der Waals surface area contributed by atoms with Gasteiger partial charge in [0.05, 0.1) is 11.8 Å². The normalized spacial score (nSPS) is 14.8. The van der Waals surface area contributed by atoms with Gasteiger partial charge in [0, 0.05) is 25.2 Å². The van der Waals surface area contributed by atoms with Crippen molar-refractivity contribution in [1.29, 1.82) is 0 Å². The number of aliphatic hydroxyl groups is 1. The van der Waals surface area contributed by atoms with Crippen molar-refractivity contribution < 1.29 is 24.9 Å². The van der Waals surface area contributed by atoms with Crippen LogP contribution in [-0.2, 0) is 17.6 Å². The monoisotopic (exact) mass is 518 g/mol. The zero-order chi connectivity index (χ0) is 27.2. The lowest BCUT2D eigenvalue weighted by Crippen LogP contribution is -2.34. The van der Waals surface area contributed by atoms with E-state index in [-0.39, 0.29) is 17.5 Å². The van der Waals surface area contributed by atoms with E-state index < -0.39 is 18.4 Å². The number of amides is 1. The van der Waals surface area contributed by atoms with Crippen LogP contribution in [0.4, 0.5) is 5.69 Å². The van der Waals surface area contributed by atoms with Crippen LogP contribution < -0.4 is 10.2 Å². The lowest BCUT2D eigenvalue weighted by molar-refractivity contribution is -0.135. The van der Waals surface area contributed by atoms with Crippen molar-refractivity contribution in [2.75, 3.05) is 24.5 Å². The van der Waals surface area contributed by atoms with Gasteiger partial charge in [-0.2, -0.15) is 0 Å². The molecule has 4 N–H and O–H groups in total. The molecule has 0 aliphatic carbocycles. The molecule has 1 amide bonds. The van der Waals surface area contributed by atoms with Crippen LogP contribution in [0.3, 0.4) is 0 Å². The number of aliphatic hydroxyl groups excluding tert-OH is 1. The van der Waals surface area contributed by atoms with Gasteiger partial charge in [-0.3, -0.25) is 9.59 Å². The number of aromatic nitrogens is 2. The molecule has 38 heavy (non-hydrogen) atoms. The van der Waals surface area contributed by atoms with Crippen LogP contribution in [0.15, 0.2) is 48.5 Å². The Morgan fingerprint density at radius 3 is 2.21 bits per heavy atom. The SMILES string of the molecule is Cc1nc(CC2CCN(c3ccc(-c4ccc(C[C@H](C)O)cc4)cc3)CC2)nc(C(=O)NCC(=O)O)c1O. The average molecular weight is 519 g/mol. The summed E-state index contributed by atoms with van der Waals surface area (Å²) < 4.78 is 0. The number of benzene rings is 2. The average Bonchev–Trinajstić information content (AvgIpc) is 2.90. The predicted octanol–water partition coefficient (Wildman–Crippen LogP) is 3.35. The summed E-state index contributed by atoms with van der Waals surface area (Å²) in [5.41, 5.74) is 4.69. The molecule has 0 radical (unpaired) electrons. The van der Waals surface area contributed by atoms with Crippen molar-refractivity contribution in [3.63, 3.8) is 0 Å². The molecule has 200 valence electrons. The summed E-state index contributed by atoms with van der Waals surface area (Å²) in [5, 5.41) is 30.8. The lowest BCUT2D eigenvalue weighted by atomic mass is 9.92. The molecule has 1 aromatic heterocycles. The number of rotatable bonds is 9. The molecule has 0 bridgehead atoms. The van der Waals surface area contributed by atoms with Crippen LogP contribution in [0, 0.1) is 12.8 Å². The van der Waals surface area contributed by atoms with E-state index in [1.54, 1.807) is 13.8 Å². The quantitative estimate of drug-likeness (QED) is 0.339. The second-order valence-corrected chi connectivity index (χ2v) is 9.93. The number of anilines is 1. The maximum absolute atomic E-state index is 12.3. The van der Waals surface area contributed by atoms with Gasteiger partial charge in [0.25, 0.3) is 5.91 Å². The summed E-state index contributed by atoms with van der Waals surface area (Å²) in [7, 11) is 0. The zero-order valence-electron chi connectivity index (χ0n) is 21.7. The third-order valence-corrected chi connectivity index (χ3v) is 6.86. The largest absolute Gasteiger partial charge is 0.504 e. The summed E-state index contributed by atoms with van der Waals surface area (Å²) in [6.45, 7) is 4.62. The Labute approximate surface area is 222 Å². The van der Waals surface area contributed by atoms with Crippen LogP contribution in [0.1, 0.15) is 47.3 Å². The van der Waals surface area contributed by atoms with Crippen molar-refractivity contribution >= 4 is 17.6 Å². The van der Waals surface area contributed by atoms with Gasteiger partial charge in [0.1, 0.15) is 12.4 Å². The van der Waals surface area contributed by atoms with Gasteiger partial charge in [-0.25, -0.2) is 9.97 Å². The molecule has 1 fully saturated rings. The van der Waals surface area contributed by atoms with Gasteiger partial charge in [0.2, 0.25) is 0 Å². The topological polar surface area (TPSA) is 136 Å². The van der Waals surface area contributed by atoms with E-state index in [1.165, 1.54) is 5.69 Å². The minimum absolute atomic E-state index is 0.191. The molecule has 1 aliphatic rings. The first kappa shape index (κ1) is 27.1. The predicted molar refractivity (Wildman–Crippen MR) is 144 cm³/mol. The van der Waals surface area contributed by atoms with Crippen molar-refractivity contribution in [3.8, 4) is 16.9 Å². The number of aromatic hydroxyl groups is 1. The van der Waals surface area contributed by atoms with Gasteiger partial charge in [-0.05, 0) is 67.9 Å².